The summed E-state index contributed by atoms with van der Waals surface area (Å²) in [6.07, 6.45) is 0.150. The topological polar surface area (TPSA) is 47.6 Å². The average molecular weight is 289 g/mol. The average Bonchev–Trinajstić information content (AvgIpc) is 2.38. The van der Waals surface area contributed by atoms with Gasteiger partial charge < -0.3 is 14.8 Å². The van der Waals surface area contributed by atoms with E-state index in [1.54, 1.807) is 7.11 Å². The molecular weight excluding hydrogens is 266 g/mol. The summed E-state index contributed by atoms with van der Waals surface area (Å²) in [4.78, 5) is 11.4. The van der Waals surface area contributed by atoms with E-state index < -0.39 is 11.7 Å². The number of nitrogens with one attached hydrogen (secondary N) is 1. The highest BCUT2D eigenvalue weighted by Gasteiger charge is 2.15. The van der Waals surface area contributed by atoms with Crippen LogP contribution >= 0.6 is 0 Å². The number of benzene rings is 1. The van der Waals surface area contributed by atoms with E-state index in [9.17, 15) is 4.79 Å². The van der Waals surface area contributed by atoms with E-state index in [2.05, 4.69) is 17.2 Å². The highest BCUT2D eigenvalue weighted by atomic mass is 16.6. The van der Waals surface area contributed by atoms with Crippen molar-refractivity contribution >= 4 is 6.09 Å². The van der Waals surface area contributed by atoms with E-state index in [0.29, 0.717) is 13.0 Å². The molecule has 0 saturated heterocycles. The number of aryl methyl sites for hydroxylation is 1. The number of carbonyl (C=O) groups is 1. The van der Waals surface area contributed by atoms with Crippen LogP contribution in [0.25, 0.3) is 0 Å². The van der Waals surface area contributed by atoms with Gasteiger partial charge in [-0.15, -0.1) is 0 Å². The Morgan fingerprint density at radius 2 is 2.05 bits per heavy atom. The van der Waals surface area contributed by atoms with E-state index in [1.807, 2.05) is 45.9 Å². The molecule has 0 aliphatic rings. The molecule has 0 fully saturated rings. The third-order valence-electron chi connectivity index (χ3n) is 2.59. The number of hydrogen-bond acceptors (Lipinski definition) is 3. The van der Waals surface area contributed by atoms with Crippen LogP contribution in [0.2, 0.25) is 0 Å². The summed E-state index contributed by atoms with van der Waals surface area (Å²) in [5.41, 5.74) is 1.56. The fraction of sp³-hybridized carbons (Fsp3) is 0.471. The lowest BCUT2D eigenvalue weighted by atomic mass is 10.1. The van der Waals surface area contributed by atoms with Gasteiger partial charge in [0, 0.05) is 18.5 Å². The zero-order chi connectivity index (χ0) is 15.9. The molecule has 1 rings (SSSR count). The summed E-state index contributed by atoms with van der Waals surface area (Å²) in [6, 6.07) is 5.79. The van der Waals surface area contributed by atoms with Gasteiger partial charge in [0.25, 0.3) is 0 Å². The first-order valence-electron chi connectivity index (χ1n) is 6.92. The molecule has 0 bridgehead atoms. The van der Waals surface area contributed by atoms with Crippen molar-refractivity contribution in [3.63, 3.8) is 0 Å². The normalized spacial score (nSPS) is 10.3. The zero-order valence-corrected chi connectivity index (χ0v) is 13.4. The molecule has 0 aromatic heterocycles. The molecule has 0 aliphatic carbocycles. The van der Waals surface area contributed by atoms with Gasteiger partial charge >= 0.3 is 6.09 Å². The number of amides is 1. The third-order valence-corrected chi connectivity index (χ3v) is 2.59. The van der Waals surface area contributed by atoms with Crippen LogP contribution in [0.5, 0.6) is 5.75 Å². The fourth-order valence-electron chi connectivity index (χ4n) is 1.56. The van der Waals surface area contributed by atoms with Crippen molar-refractivity contribution in [2.45, 2.75) is 39.7 Å². The summed E-state index contributed by atoms with van der Waals surface area (Å²) in [5.74, 6) is 6.91. The van der Waals surface area contributed by atoms with Gasteiger partial charge in [-0.25, -0.2) is 4.79 Å². The van der Waals surface area contributed by atoms with Crippen LogP contribution in [0.4, 0.5) is 4.79 Å². The summed E-state index contributed by atoms with van der Waals surface area (Å²) in [7, 11) is 1.63. The van der Waals surface area contributed by atoms with Gasteiger partial charge in [0.1, 0.15) is 11.4 Å². The lowest BCUT2D eigenvalue weighted by Crippen LogP contribution is -2.32. The molecule has 0 atom stereocenters. The predicted molar refractivity (Wildman–Crippen MR) is 83.5 cm³/mol. The lowest BCUT2D eigenvalue weighted by molar-refractivity contribution is 0.0529. The number of ether oxygens (including phenoxy) is 2. The van der Waals surface area contributed by atoms with Crippen molar-refractivity contribution < 1.29 is 14.3 Å². The monoisotopic (exact) mass is 289 g/mol. The van der Waals surface area contributed by atoms with Gasteiger partial charge in [-0.3, -0.25) is 0 Å². The van der Waals surface area contributed by atoms with E-state index in [4.69, 9.17) is 9.47 Å². The lowest BCUT2D eigenvalue weighted by Gasteiger charge is -2.19. The SMILES string of the molecule is COc1ccc(C)c(C#CCCNC(=O)OC(C)(C)C)c1. The molecule has 4 heteroatoms. The van der Waals surface area contributed by atoms with Crippen molar-refractivity contribution in [2.24, 2.45) is 0 Å². The maximum absolute atomic E-state index is 11.4. The number of alkyl carbamates (subject to hydrolysis) is 1. The molecule has 114 valence electrons. The molecule has 0 spiro atoms. The number of hydrogen-bond donors (Lipinski definition) is 1. The van der Waals surface area contributed by atoms with Gasteiger partial charge in [0.2, 0.25) is 0 Å². The van der Waals surface area contributed by atoms with E-state index >= 15 is 0 Å². The quantitative estimate of drug-likeness (QED) is 0.686. The maximum atomic E-state index is 11.4. The number of rotatable bonds is 3. The minimum absolute atomic E-state index is 0.415. The highest BCUT2D eigenvalue weighted by Crippen LogP contribution is 2.15. The molecule has 1 aromatic rings. The second-order valence-corrected chi connectivity index (χ2v) is 5.66. The van der Waals surface area contributed by atoms with Crippen molar-refractivity contribution in [1.82, 2.24) is 5.32 Å². The summed E-state index contributed by atoms with van der Waals surface area (Å²) in [6.45, 7) is 7.96. The molecule has 1 N–H and O–H groups in total. The third kappa shape index (κ3) is 6.71. The summed E-state index contributed by atoms with van der Waals surface area (Å²) >= 11 is 0. The highest BCUT2D eigenvalue weighted by molar-refractivity contribution is 5.67. The minimum atomic E-state index is -0.479. The van der Waals surface area contributed by atoms with Crippen molar-refractivity contribution in [2.75, 3.05) is 13.7 Å². The molecule has 0 aliphatic heterocycles. The summed E-state index contributed by atoms with van der Waals surface area (Å²) < 4.78 is 10.3. The molecule has 0 saturated carbocycles. The van der Waals surface area contributed by atoms with Gasteiger partial charge in [-0.2, -0.15) is 0 Å². The van der Waals surface area contributed by atoms with Crippen LogP contribution < -0.4 is 10.1 Å². The minimum Gasteiger partial charge on any atom is -0.497 e. The Hall–Kier alpha value is -2.15. The summed E-state index contributed by atoms with van der Waals surface area (Å²) in [5, 5.41) is 2.67. The Kier molecular flexibility index (Phi) is 6.10. The zero-order valence-electron chi connectivity index (χ0n) is 13.4. The number of carbonyl (C=O) groups excluding carboxylic acids is 1. The first-order chi connectivity index (χ1) is 9.81. The van der Waals surface area contributed by atoms with Crippen LogP contribution in [0.1, 0.15) is 38.3 Å². The largest absolute Gasteiger partial charge is 0.497 e. The van der Waals surface area contributed by atoms with E-state index in [-0.39, 0.29) is 0 Å². The Morgan fingerprint density at radius 1 is 1.33 bits per heavy atom. The van der Waals surface area contributed by atoms with Crippen molar-refractivity contribution in [3.8, 4) is 17.6 Å². The van der Waals surface area contributed by atoms with Crippen LogP contribution in [0.3, 0.4) is 0 Å². The number of methoxy groups -OCH3 is 1. The first-order valence-corrected chi connectivity index (χ1v) is 6.92. The van der Waals surface area contributed by atoms with E-state index in [0.717, 1.165) is 16.9 Å². The van der Waals surface area contributed by atoms with Gasteiger partial charge in [-0.1, -0.05) is 17.9 Å². The van der Waals surface area contributed by atoms with Gasteiger partial charge in [-0.05, 0) is 45.4 Å². The second kappa shape index (κ2) is 7.58. The standard InChI is InChI=1S/C17H23NO3/c1-13-9-10-15(20-5)12-14(13)8-6-7-11-18-16(19)21-17(2,3)4/h9-10,12H,7,11H2,1-5H3,(H,18,19). The fourth-order valence-corrected chi connectivity index (χ4v) is 1.56. The molecular formula is C17H23NO3. The molecule has 1 amide bonds. The van der Waals surface area contributed by atoms with Crippen molar-refractivity contribution in [3.05, 3.63) is 29.3 Å². The maximum Gasteiger partial charge on any atom is 0.407 e. The Labute approximate surface area is 126 Å². The van der Waals surface area contributed by atoms with E-state index in [1.165, 1.54) is 0 Å². The van der Waals surface area contributed by atoms with Gasteiger partial charge in [0.15, 0.2) is 0 Å². The molecule has 21 heavy (non-hydrogen) atoms. The Balaban J connectivity index is 2.45. The molecule has 0 radical (unpaired) electrons. The second-order valence-electron chi connectivity index (χ2n) is 5.66. The van der Waals surface area contributed by atoms with Crippen LogP contribution in [-0.2, 0) is 4.74 Å². The Bertz CT molecular complexity index is 547. The molecule has 0 heterocycles. The molecule has 4 nitrogen and oxygen atoms in total. The Morgan fingerprint density at radius 3 is 2.67 bits per heavy atom. The van der Waals surface area contributed by atoms with Gasteiger partial charge in [0.05, 0.1) is 7.11 Å². The molecule has 1 aromatic carbocycles. The van der Waals surface area contributed by atoms with Crippen LogP contribution in [-0.4, -0.2) is 25.3 Å². The predicted octanol–water partition coefficient (Wildman–Crippen LogP) is 3.27. The van der Waals surface area contributed by atoms with Crippen molar-refractivity contribution in [1.29, 1.82) is 0 Å². The smallest absolute Gasteiger partial charge is 0.407 e. The molecule has 0 unspecified atom stereocenters. The van der Waals surface area contributed by atoms with Crippen LogP contribution in [0.15, 0.2) is 18.2 Å². The van der Waals surface area contributed by atoms with Crippen LogP contribution in [0, 0.1) is 18.8 Å². The first kappa shape index (κ1) is 16.9.